The number of esters is 1. The Labute approximate surface area is 193 Å². The lowest BCUT2D eigenvalue weighted by Crippen LogP contribution is -2.17. The summed E-state index contributed by atoms with van der Waals surface area (Å²) in [5.74, 6) is 2.33. The molecule has 4 rings (SSSR count). The lowest BCUT2D eigenvalue weighted by molar-refractivity contribution is 0.0588. The Morgan fingerprint density at radius 2 is 1.61 bits per heavy atom. The highest BCUT2D eigenvalue weighted by Gasteiger charge is 2.29. The van der Waals surface area contributed by atoms with Crippen LogP contribution in [0.4, 0.5) is 0 Å². The summed E-state index contributed by atoms with van der Waals surface area (Å²) in [4.78, 5) is 12.7. The molecule has 3 aromatic rings. The number of nitrogens with zero attached hydrogens (tertiary/aromatic N) is 1. The third kappa shape index (κ3) is 3.99. The molecule has 174 valence electrons. The highest BCUT2D eigenvalue weighted by molar-refractivity contribution is 5.96. The van der Waals surface area contributed by atoms with E-state index >= 15 is 0 Å². The minimum atomic E-state index is -0.389. The number of hydrogen-bond acceptors (Lipinski definition) is 6. The highest BCUT2D eigenvalue weighted by Crippen LogP contribution is 2.46. The minimum absolute atomic E-state index is 0.0203. The number of carbonyl (C=O) groups excluding carboxylic acids is 1. The molecule has 1 aliphatic rings. The van der Waals surface area contributed by atoms with Crippen LogP contribution < -0.4 is 18.9 Å². The SMILES string of the molecule is COC(=O)c1cc(-c2cc(OC)ccc2OC)c2n1CCc1cc(OC(C)C)c(OC)cc1-2. The second kappa shape index (κ2) is 9.10. The van der Waals surface area contributed by atoms with Crippen LogP contribution >= 0.6 is 0 Å². The summed E-state index contributed by atoms with van der Waals surface area (Å²) in [5, 5.41) is 0. The fourth-order valence-electron chi connectivity index (χ4n) is 4.34. The van der Waals surface area contributed by atoms with Gasteiger partial charge in [0.1, 0.15) is 17.2 Å². The monoisotopic (exact) mass is 451 g/mol. The third-order valence-electron chi connectivity index (χ3n) is 5.80. The van der Waals surface area contributed by atoms with Crippen molar-refractivity contribution in [1.29, 1.82) is 0 Å². The molecule has 0 atom stereocenters. The number of fused-ring (bicyclic) bond motifs is 3. The van der Waals surface area contributed by atoms with E-state index in [1.807, 2.05) is 54.8 Å². The minimum Gasteiger partial charge on any atom is -0.497 e. The zero-order chi connectivity index (χ0) is 23.7. The first-order valence-corrected chi connectivity index (χ1v) is 10.8. The first-order chi connectivity index (χ1) is 15.9. The van der Waals surface area contributed by atoms with Crippen molar-refractivity contribution in [3.63, 3.8) is 0 Å². The Bertz CT molecular complexity index is 1190. The Hall–Kier alpha value is -3.61. The van der Waals surface area contributed by atoms with E-state index in [-0.39, 0.29) is 12.1 Å². The average molecular weight is 452 g/mol. The second-order valence-electron chi connectivity index (χ2n) is 8.08. The maximum absolute atomic E-state index is 12.7. The number of rotatable bonds is 7. The van der Waals surface area contributed by atoms with E-state index in [4.69, 9.17) is 23.7 Å². The molecule has 1 aliphatic heterocycles. The van der Waals surface area contributed by atoms with Gasteiger partial charge in [-0.15, -0.1) is 0 Å². The summed E-state index contributed by atoms with van der Waals surface area (Å²) >= 11 is 0. The van der Waals surface area contributed by atoms with Gasteiger partial charge in [0.15, 0.2) is 11.5 Å². The smallest absolute Gasteiger partial charge is 0.354 e. The van der Waals surface area contributed by atoms with Crippen LogP contribution in [0.2, 0.25) is 0 Å². The quantitative estimate of drug-likeness (QED) is 0.472. The maximum Gasteiger partial charge on any atom is 0.354 e. The van der Waals surface area contributed by atoms with Crippen molar-refractivity contribution in [2.24, 2.45) is 0 Å². The topological polar surface area (TPSA) is 68.2 Å². The van der Waals surface area contributed by atoms with Crippen LogP contribution in [0, 0.1) is 0 Å². The first kappa shape index (κ1) is 22.6. The van der Waals surface area contributed by atoms with Gasteiger partial charge in [-0.05, 0) is 62.2 Å². The van der Waals surface area contributed by atoms with Gasteiger partial charge in [-0.2, -0.15) is 0 Å². The lowest BCUT2D eigenvalue weighted by Gasteiger charge is -2.25. The van der Waals surface area contributed by atoms with Crippen LogP contribution in [0.25, 0.3) is 22.4 Å². The Balaban J connectivity index is 2.01. The Morgan fingerprint density at radius 1 is 0.848 bits per heavy atom. The molecule has 0 saturated carbocycles. The summed E-state index contributed by atoms with van der Waals surface area (Å²) in [7, 11) is 6.27. The summed E-state index contributed by atoms with van der Waals surface area (Å²) in [6.45, 7) is 4.60. The standard InChI is InChI=1S/C26H29NO6/c1-15(2)33-24-11-16-9-10-27-21(26(28)32-6)13-20(25(27)18(16)14-23(24)31-5)19-12-17(29-3)7-8-22(19)30-4/h7-8,11-15H,9-10H2,1-6H3. The predicted octanol–water partition coefficient (Wildman–Crippen LogP) is 4.98. The van der Waals surface area contributed by atoms with E-state index in [0.717, 1.165) is 34.4 Å². The average Bonchev–Trinajstić information content (AvgIpc) is 3.22. The van der Waals surface area contributed by atoms with Gasteiger partial charge in [0.2, 0.25) is 0 Å². The number of carbonyl (C=O) groups is 1. The maximum atomic E-state index is 12.7. The molecule has 2 aromatic carbocycles. The van der Waals surface area contributed by atoms with Gasteiger partial charge in [-0.1, -0.05) is 0 Å². The molecule has 0 N–H and O–H groups in total. The van der Waals surface area contributed by atoms with Crippen molar-refractivity contribution in [1.82, 2.24) is 4.57 Å². The van der Waals surface area contributed by atoms with Crippen molar-refractivity contribution < 1.29 is 28.5 Å². The van der Waals surface area contributed by atoms with Crippen LogP contribution in [-0.4, -0.2) is 45.1 Å². The molecular weight excluding hydrogens is 422 g/mol. The van der Waals surface area contributed by atoms with Crippen LogP contribution in [-0.2, 0) is 17.7 Å². The van der Waals surface area contributed by atoms with Crippen LogP contribution in [0.1, 0.15) is 29.9 Å². The number of benzene rings is 2. The molecule has 0 bridgehead atoms. The van der Waals surface area contributed by atoms with Crippen LogP contribution in [0.5, 0.6) is 23.0 Å². The van der Waals surface area contributed by atoms with E-state index in [9.17, 15) is 4.79 Å². The summed E-state index contributed by atoms with van der Waals surface area (Å²) in [5.41, 5.74) is 5.16. The molecule has 0 spiro atoms. The van der Waals surface area contributed by atoms with Gasteiger partial charge in [0, 0.05) is 23.2 Å². The number of hydrogen-bond donors (Lipinski definition) is 0. The molecule has 33 heavy (non-hydrogen) atoms. The van der Waals surface area contributed by atoms with E-state index in [2.05, 4.69) is 0 Å². The molecular formula is C26H29NO6. The van der Waals surface area contributed by atoms with Crippen molar-refractivity contribution >= 4 is 5.97 Å². The van der Waals surface area contributed by atoms with E-state index < -0.39 is 0 Å². The molecule has 0 fully saturated rings. The number of aromatic nitrogens is 1. The fourth-order valence-corrected chi connectivity index (χ4v) is 4.34. The molecule has 0 radical (unpaired) electrons. The Kier molecular flexibility index (Phi) is 6.22. The van der Waals surface area contributed by atoms with Gasteiger partial charge in [0.25, 0.3) is 0 Å². The van der Waals surface area contributed by atoms with Crippen molar-refractivity contribution in [3.8, 4) is 45.4 Å². The zero-order valence-corrected chi connectivity index (χ0v) is 19.9. The second-order valence-corrected chi connectivity index (χ2v) is 8.08. The van der Waals surface area contributed by atoms with Gasteiger partial charge in [-0.25, -0.2) is 4.79 Å². The van der Waals surface area contributed by atoms with Gasteiger partial charge < -0.3 is 28.3 Å². The molecule has 2 heterocycles. The van der Waals surface area contributed by atoms with E-state index in [1.165, 1.54) is 7.11 Å². The number of aryl methyl sites for hydroxylation is 1. The van der Waals surface area contributed by atoms with Gasteiger partial charge in [-0.3, -0.25) is 0 Å². The van der Waals surface area contributed by atoms with Gasteiger partial charge in [0.05, 0.1) is 40.2 Å². The van der Waals surface area contributed by atoms with Crippen molar-refractivity contribution in [2.45, 2.75) is 32.9 Å². The fraction of sp³-hybridized carbons (Fsp3) is 0.346. The largest absolute Gasteiger partial charge is 0.497 e. The molecule has 7 nitrogen and oxygen atoms in total. The van der Waals surface area contributed by atoms with Crippen LogP contribution in [0.3, 0.4) is 0 Å². The molecule has 0 saturated heterocycles. The molecule has 0 amide bonds. The molecule has 0 aliphatic carbocycles. The number of ether oxygens (including phenoxy) is 5. The summed E-state index contributed by atoms with van der Waals surface area (Å²) in [6, 6.07) is 11.5. The summed E-state index contributed by atoms with van der Waals surface area (Å²) in [6.07, 6.45) is 0.764. The predicted molar refractivity (Wildman–Crippen MR) is 126 cm³/mol. The first-order valence-electron chi connectivity index (χ1n) is 10.8. The molecule has 0 unspecified atom stereocenters. The van der Waals surface area contributed by atoms with Crippen molar-refractivity contribution in [3.05, 3.63) is 47.7 Å². The van der Waals surface area contributed by atoms with Crippen molar-refractivity contribution in [2.75, 3.05) is 28.4 Å². The Morgan fingerprint density at radius 3 is 2.24 bits per heavy atom. The van der Waals surface area contributed by atoms with E-state index in [0.29, 0.717) is 35.2 Å². The van der Waals surface area contributed by atoms with E-state index in [1.54, 1.807) is 21.3 Å². The highest BCUT2D eigenvalue weighted by atomic mass is 16.5. The number of methoxy groups -OCH3 is 4. The molecule has 1 aromatic heterocycles. The normalized spacial score (nSPS) is 12.1. The zero-order valence-electron chi connectivity index (χ0n) is 19.9. The third-order valence-corrected chi connectivity index (χ3v) is 5.80. The van der Waals surface area contributed by atoms with Crippen LogP contribution in [0.15, 0.2) is 36.4 Å². The van der Waals surface area contributed by atoms with Gasteiger partial charge >= 0.3 is 5.97 Å². The molecule has 7 heteroatoms. The lowest BCUT2D eigenvalue weighted by atomic mass is 9.93. The summed E-state index contributed by atoms with van der Waals surface area (Å²) < 4.78 is 29.9.